The Kier molecular flexibility index (Phi) is 3.79. The third-order valence-corrected chi connectivity index (χ3v) is 5.16. The van der Waals surface area contributed by atoms with Gasteiger partial charge in [0.1, 0.15) is 5.75 Å². The van der Waals surface area contributed by atoms with Gasteiger partial charge in [0, 0.05) is 6.04 Å². The molecule has 0 spiro atoms. The van der Waals surface area contributed by atoms with E-state index in [-0.39, 0.29) is 0 Å². The Labute approximate surface area is 116 Å². The SMILES string of the molecule is CCC1CCC(C2NCCc3ccc(O)cc32)CC1. The molecule has 1 unspecified atom stereocenters. The standard InChI is InChI=1S/C17H25NO/c1-2-12-3-5-14(6-4-12)17-16-11-15(19)8-7-13(16)9-10-18-17/h7-8,11-12,14,17-19H,2-6,9-10H2,1H3. The van der Waals surface area contributed by atoms with E-state index in [4.69, 9.17) is 0 Å². The highest BCUT2D eigenvalue weighted by molar-refractivity contribution is 5.39. The van der Waals surface area contributed by atoms with Crippen LogP contribution < -0.4 is 5.32 Å². The van der Waals surface area contributed by atoms with Crippen molar-refractivity contribution in [2.75, 3.05) is 6.54 Å². The Hall–Kier alpha value is -1.02. The van der Waals surface area contributed by atoms with E-state index in [2.05, 4.69) is 18.3 Å². The number of benzene rings is 1. The normalized spacial score (nSPS) is 30.9. The van der Waals surface area contributed by atoms with Gasteiger partial charge in [-0.25, -0.2) is 0 Å². The van der Waals surface area contributed by atoms with Gasteiger partial charge in [0.25, 0.3) is 0 Å². The molecule has 19 heavy (non-hydrogen) atoms. The van der Waals surface area contributed by atoms with Crippen LogP contribution in [0.5, 0.6) is 5.75 Å². The van der Waals surface area contributed by atoms with Gasteiger partial charge in [-0.2, -0.15) is 0 Å². The second kappa shape index (κ2) is 5.54. The molecule has 2 heteroatoms. The quantitative estimate of drug-likeness (QED) is 0.847. The molecule has 104 valence electrons. The first-order chi connectivity index (χ1) is 9.28. The molecule has 1 heterocycles. The largest absolute Gasteiger partial charge is 0.508 e. The van der Waals surface area contributed by atoms with Crippen LogP contribution >= 0.6 is 0 Å². The summed E-state index contributed by atoms with van der Waals surface area (Å²) in [4.78, 5) is 0. The average Bonchev–Trinajstić information content (AvgIpc) is 2.47. The van der Waals surface area contributed by atoms with Gasteiger partial charge in [-0.05, 0) is 60.9 Å². The summed E-state index contributed by atoms with van der Waals surface area (Å²) in [6.45, 7) is 3.40. The molecular formula is C17H25NO. The lowest BCUT2D eigenvalue weighted by molar-refractivity contribution is 0.214. The zero-order chi connectivity index (χ0) is 13.2. The van der Waals surface area contributed by atoms with Crippen molar-refractivity contribution in [3.8, 4) is 5.75 Å². The molecule has 1 aliphatic heterocycles. The van der Waals surface area contributed by atoms with Crippen LogP contribution in [0.3, 0.4) is 0 Å². The molecule has 1 atom stereocenters. The minimum absolute atomic E-state index is 0.412. The maximum atomic E-state index is 9.76. The fourth-order valence-electron chi connectivity index (χ4n) is 3.92. The smallest absolute Gasteiger partial charge is 0.115 e. The van der Waals surface area contributed by atoms with E-state index in [9.17, 15) is 5.11 Å². The van der Waals surface area contributed by atoms with Gasteiger partial charge in [0.2, 0.25) is 0 Å². The molecule has 0 saturated heterocycles. The lowest BCUT2D eigenvalue weighted by atomic mass is 9.74. The van der Waals surface area contributed by atoms with E-state index in [0.29, 0.717) is 11.8 Å². The van der Waals surface area contributed by atoms with Crippen molar-refractivity contribution < 1.29 is 5.11 Å². The van der Waals surface area contributed by atoms with Crippen molar-refractivity contribution in [1.82, 2.24) is 5.32 Å². The summed E-state index contributed by atoms with van der Waals surface area (Å²) < 4.78 is 0. The van der Waals surface area contributed by atoms with E-state index in [1.807, 2.05) is 12.1 Å². The zero-order valence-electron chi connectivity index (χ0n) is 11.9. The second-order valence-corrected chi connectivity index (χ2v) is 6.25. The third-order valence-electron chi connectivity index (χ3n) is 5.16. The monoisotopic (exact) mass is 259 g/mol. The van der Waals surface area contributed by atoms with Crippen LogP contribution in [0.4, 0.5) is 0 Å². The van der Waals surface area contributed by atoms with Crippen LogP contribution in [0.2, 0.25) is 0 Å². The molecule has 1 aliphatic carbocycles. The molecule has 2 N–H and O–H groups in total. The summed E-state index contributed by atoms with van der Waals surface area (Å²) in [5, 5.41) is 13.5. The first-order valence-electron chi connectivity index (χ1n) is 7.83. The first kappa shape index (κ1) is 13.0. The van der Waals surface area contributed by atoms with Gasteiger partial charge >= 0.3 is 0 Å². The fraction of sp³-hybridized carbons (Fsp3) is 0.647. The van der Waals surface area contributed by atoms with Crippen LogP contribution in [0.25, 0.3) is 0 Å². The summed E-state index contributed by atoms with van der Waals surface area (Å²) in [5.74, 6) is 2.11. The van der Waals surface area contributed by atoms with Crippen molar-refractivity contribution >= 4 is 0 Å². The molecule has 1 saturated carbocycles. The Morgan fingerprint density at radius 3 is 2.74 bits per heavy atom. The molecule has 0 bridgehead atoms. The molecule has 0 aromatic heterocycles. The van der Waals surface area contributed by atoms with Gasteiger partial charge in [-0.15, -0.1) is 0 Å². The summed E-state index contributed by atoms with van der Waals surface area (Å²) in [7, 11) is 0. The third kappa shape index (κ3) is 2.64. The van der Waals surface area contributed by atoms with Crippen molar-refractivity contribution in [1.29, 1.82) is 0 Å². The van der Waals surface area contributed by atoms with Crippen LogP contribution in [0, 0.1) is 11.8 Å². The van der Waals surface area contributed by atoms with Crippen molar-refractivity contribution in [3.63, 3.8) is 0 Å². The topological polar surface area (TPSA) is 32.3 Å². The zero-order valence-corrected chi connectivity index (χ0v) is 11.9. The van der Waals surface area contributed by atoms with E-state index < -0.39 is 0 Å². The minimum Gasteiger partial charge on any atom is -0.508 e. The lowest BCUT2D eigenvalue weighted by Crippen LogP contribution is -2.36. The lowest BCUT2D eigenvalue weighted by Gasteiger charge is -2.37. The van der Waals surface area contributed by atoms with Gasteiger partial charge < -0.3 is 10.4 Å². The number of phenols is 1. The fourth-order valence-corrected chi connectivity index (χ4v) is 3.92. The molecular weight excluding hydrogens is 234 g/mol. The van der Waals surface area contributed by atoms with Gasteiger partial charge in [-0.3, -0.25) is 0 Å². The molecule has 1 fully saturated rings. The Morgan fingerprint density at radius 2 is 2.00 bits per heavy atom. The highest BCUT2D eigenvalue weighted by Crippen LogP contribution is 2.40. The summed E-state index contributed by atoms with van der Waals surface area (Å²) in [6.07, 6.45) is 7.87. The molecule has 0 radical (unpaired) electrons. The highest BCUT2D eigenvalue weighted by atomic mass is 16.3. The summed E-state index contributed by atoms with van der Waals surface area (Å²) >= 11 is 0. The van der Waals surface area contributed by atoms with Gasteiger partial charge in [-0.1, -0.05) is 32.3 Å². The maximum absolute atomic E-state index is 9.76. The molecule has 1 aromatic carbocycles. The predicted molar refractivity (Wildman–Crippen MR) is 78.3 cm³/mol. The Morgan fingerprint density at radius 1 is 1.21 bits per heavy atom. The highest BCUT2D eigenvalue weighted by Gasteiger charge is 2.30. The molecule has 1 aromatic rings. The first-order valence-corrected chi connectivity index (χ1v) is 7.83. The predicted octanol–water partition coefficient (Wildman–Crippen LogP) is 3.80. The number of aromatic hydroxyl groups is 1. The van der Waals surface area contributed by atoms with Crippen LogP contribution in [-0.2, 0) is 6.42 Å². The Balaban J connectivity index is 1.78. The van der Waals surface area contributed by atoms with Crippen LogP contribution in [-0.4, -0.2) is 11.7 Å². The molecule has 2 aliphatic rings. The van der Waals surface area contributed by atoms with Crippen LogP contribution in [0.1, 0.15) is 56.2 Å². The summed E-state index contributed by atoms with van der Waals surface area (Å²) in [6, 6.07) is 6.39. The van der Waals surface area contributed by atoms with Crippen LogP contribution in [0.15, 0.2) is 18.2 Å². The summed E-state index contributed by atoms with van der Waals surface area (Å²) in [5.41, 5.74) is 2.78. The van der Waals surface area contributed by atoms with Gasteiger partial charge in [0.05, 0.1) is 0 Å². The minimum atomic E-state index is 0.412. The van der Waals surface area contributed by atoms with E-state index in [0.717, 1.165) is 24.8 Å². The number of rotatable bonds is 2. The number of hydrogen-bond acceptors (Lipinski definition) is 2. The molecule has 2 nitrogen and oxygen atoms in total. The van der Waals surface area contributed by atoms with E-state index in [1.165, 1.54) is 43.2 Å². The number of fused-ring (bicyclic) bond motifs is 1. The molecule has 0 amide bonds. The number of phenolic OH excluding ortho intramolecular Hbond substituents is 1. The second-order valence-electron chi connectivity index (χ2n) is 6.25. The van der Waals surface area contributed by atoms with E-state index in [1.54, 1.807) is 0 Å². The van der Waals surface area contributed by atoms with Crippen molar-refractivity contribution in [3.05, 3.63) is 29.3 Å². The van der Waals surface area contributed by atoms with E-state index >= 15 is 0 Å². The van der Waals surface area contributed by atoms with Gasteiger partial charge in [0.15, 0.2) is 0 Å². The molecule has 3 rings (SSSR count). The van der Waals surface area contributed by atoms with Crippen molar-refractivity contribution in [2.45, 2.75) is 51.5 Å². The maximum Gasteiger partial charge on any atom is 0.115 e. The number of hydrogen-bond donors (Lipinski definition) is 2. The Bertz CT molecular complexity index is 435. The van der Waals surface area contributed by atoms with Crippen molar-refractivity contribution in [2.24, 2.45) is 11.8 Å². The number of nitrogens with one attached hydrogen (secondary N) is 1. The average molecular weight is 259 g/mol.